The van der Waals surface area contributed by atoms with Crippen molar-refractivity contribution in [3.8, 4) is 11.3 Å². The number of imidazole rings is 1. The van der Waals surface area contributed by atoms with Gasteiger partial charge in [-0.2, -0.15) is 8.42 Å². The number of benzene rings is 1. The van der Waals surface area contributed by atoms with E-state index >= 15 is 0 Å². The third kappa shape index (κ3) is 5.25. The molecule has 0 bridgehead atoms. The molecule has 0 unspecified atom stereocenters. The van der Waals surface area contributed by atoms with E-state index in [2.05, 4.69) is 9.97 Å². The molecule has 0 saturated carbocycles. The number of nitrogens with one attached hydrogen (secondary N) is 1. The van der Waals surface area contributed by atoms with Crippen LogP contribution in [0.4, 0.5) is 0 Å². The highest BCUT2D eigenvalue weighted by Crippen LogP contribution is 2.13. The van der Waals surface area contributed by atoms with Gasteiger partial charge < -0.3 is 4.98 Å². The Kier molecular flexibility index (Phi) is 4.18. The van der Waals surface area contributed by atoms with Crippen LogP contribution >= 0.6 is 0 Å². The van der Waals surface area contributed by atoms with Gasteiger partial charge >= 0.3 is 10.4 Å². The van der Waals surface area contributed by atoms with Crippen molar-refractivity contribution in [2.45, 2.75) is 0 Å². The maximum atomic E-state index is 8.74. The summed E-state index contributed by atoms with van der Waals surface area (Å²) in [6, 6.07) is 10.1. The van der Waals surface area contributed by atoms with Gasteiger partial charge in [-0.05, 0) is 5.56 Å². The van der Waals surface area contributed by atoms with E-state index in [4.69, 9.17) is 17.5 Å². The van der Waals surface area contributed by atoms with Gasteiger partial charge in [-0.3, -0.25) is 9.11 Å². The molecule has 7 heteroatoms. The fourth-order valence-corrected chi connectivity index (χ4v) is 1.03. The zero-order valence-corrected chi connectivity index (χ0v) is 8.92. The van der Waals surface area contributed by atoms with E-state index in [0.717, 1.165) is 5.69 Å². The lowest BCUT2D eigenvalue weighted by Crippen LogP contribution is -1.89. The van der Waals surface area contributed by atoms with E-state index < -0.39 is 10.4 Å². The maximum absolute atomic E-state index is 8.74. The molecule has 0 aliphatic rings. The highest BCUT2D eigenvalue weighted by molar-refractivity contribution is 7.79. The van der Waals surface area contributed by atoms with Crippen molar-refractivity contribution in [2.75, 3.05) is 0 Å². The first-order valence-electron chi connectivity index (χ1n) is 4.20. The minimum Gasteiger partial charge on any atom is -0.345 e. The standard InChI is InChI=1S/C9H8N2.H2O4S/c1-2-4-8(5-3-1)9-6-10-7-11-9;1-5(2,3)4/h1-7H,(H,10,11);(H2,1,2,3,4). The van der Waals surface area contributed by atoms with Crippen LogP contribution in [0.15, 0.2) is 42.9 Å². The Hall–Kier alpha value is -1.70. The van der Waals surface area contributed by atoms with Crippen molar-refractivity contribution >= 4 is 10.4 Å². The largest absolute Gasteiger partial charge is 0.394 e. The minimum atomic E-state index is -4.67. The van der Waals surface area contributed by atoms with Crippen LogP contribution in [-0.4, -0.2) is 27.5 Å². The molecule has 6 nitrogen and oxygen atoms in total. The fraction of sp³-hybridized carbons (Fsp3) is 0. The molecule has 3 N–H and O–H groups in total. The summed E-state index contributed by atoms with van der Waals surface area (Å²) in [6.45, 7) is 0. The summed E-state index contributed by atoms with van der Waals surface area (Å²) in [5, 5.41) is 0. The Balaban J connectivity index is 0.000000221. The van der Waals surface area contributed by atoms with Crippen molar-refractivity contribution in [2.24, 2.45) is 0 Å². The SMILES string of the molecule is O=S(=O)(O)O.c1ccc(-c2cnc[nH]2)cc1. The molecule has 1 aromatic heterocycles. The van der Waals surface area contributed by atoms with Crippen LogP contribution in [0.2, 0.25) is 0 Å². The first kappa shape index (κ1) is 12.4. The van der Waals surface area contributed by atoms with Crippen molar-refractivity contribution in [1.29, 1.82) is 0 Å². The van der Waals surface area contributed by atoms with Crippen LogP contribution in [-0.2, 0) is 10.4 Å². The second kappa shape index (κ2) is 5.40. The Labute approximate surface area is 92.6 Å². The van der Waals surface area contributed by atoms with E-state index in [1.165, 1.54) is 5.56 Å². The van der Waals surface area contributed by atoms with E-state index in [1.54, 1.807) is 6.33 Å². The number of nitrogens with zero attached hydrogens (tertiary/aromatic N) is 1. The van der Waals surface area contributed by atoms with Crippen molar-refractivity contribution < 1.29 is 17.5 Å². The second-order valence-corrected chi connectivity index (χ2v) is 3.67. The van der Waals surface area contributed by atoms with Crippen molar-refractivity contribution in [3.05, 3.63) is 42.9 Å². The lowest BCUT2D eigenvalue weighted by Gasteiger charge is -1.93. The summed E-state index contributed by atoms with van der Waals surface area (Å²) < 4.78 is 31.6. The van der Waals surface area contributed by atoms with Gasteiger partial charge in [-0.15, -0.1) is 0 Å². The molecular weight excluding hydrogens is 232 g/mol. The first-order valence-corrected chi connectivity index (χ1v) is 5.60. The summed E-state index contributed by atoms with van der Waals surface area (Å²) >= 11 is 0. The minimum absolute atomic E-state index is 1.06. The summed E-state index contributed by atoms with van der Waals surface area (Å²) in [4.78, 5) is 6.99. The van der Waals surface area contributed by atoms with Gasteiger partial charge in [0.15, 0.2) is 0 Å². The topological polar surface area (TPSA) is 103 Å². The number of hydrogen-bond donors (Lipinski definition) is 3. The average molecular weight is 242 g/mol. The summed E-state index contributed by atoms with van der Waals surface area (Å²) in [6.07, 6.45) is 3.50. The average Bonchev–Trinajstić information content (AvgIpc) is 2.69. The summed E-state index contributed by atoms with van der Waals surface area (Å²) in [7, 11) is -4.67. The van der Waals surface area contributed by atoms with Gasteiger partial charge in [0.25, 0.3) is 0 Å². The molecule has 2 aromatic rings. The van der Waals surface area contributed by atoms with Crippen molar-refractivity contribution in [1.82, 2.24) is 9.97 Å². The Morgan fingerprint density at radius 3 is 2.12 bits per heavy atom. The molecule has 1 heterocycles. The van der Waals surface area contributed by atoms with Gasteiger partial charge in [-0.1, -0.05) is 30.3 Å². The third-order valence-electron chi connectivity index (χ3n) is 1.58. The highest BCUT2D eigenvalue weighted by Gasteiger charge is 1.94. The normalized spacial score (nSPS) is 10.4. The van der Waals surface area contributed by atoms with Crippen LogP contribution in [0.3, 0.4) is 0 Å². The molecular formula is C9H10N2O4S. The van der Waals surface area contributed by atoms with Gasteiger partial charge in [0, 0.05) is 0 Å². The molecule has 0 fully saturated rings. The predicted octanol–water partition coefficient (Wildman–Crippen LogP) is 1.42. The Bertz CT molecular complexity index is 500. The van der Waals surface area contributed by atoms with E-state index in [0.29, 0.717) is 0 Å². The number of H-pyrrole nitrogens is 1. The molecule has 0 radical (unpaired) electrons. The second-order valence-electron chi connectivity index (χ2n) is 2.78. The quantitative estimate of drug-likeness (QED) is 0.656. The molecule has 2 rings (SSSR count). The molecule has 1 aromatic carbocycles. The smallest absolute Gasteiger partial charge is 0.345 e. The van der Waals surface area contributed by atoms with Gasteiger partial charge in [0.2, 0.25) is 0 Å². The number of hydrogen-bond acceptors (Lipinski definition) is 3. The van der Waals surface area contributed by atoms with Crippen LogP contribution in [0.25, 0.3) is 11.3 Å². The summed E-state index contributed by atoms with van der Waals surface area (Å²) in [5.74, 6) is 0. The van der Waals surface area contributed by atoms with Crippen LogP contribution in [0, 0.1) is 0 Å². The Morgan fingerprint density at radius 2 is 1.69 bits per heavy atom. The molecule has 0 amide bonds. The fourth-order valence-electron chi connectivity index (χ4n) is 1.03. The summed E-state index contributed by atoms with van der Waals surface area (Å²) in [5.41, 5.74) is 2.23. The number of aromatic nitrogens is 2. The predicted molar refractivity (Wildman–Crippen MR) is 58.2 cm³/mol. The Morgan fingerprint density at radius 1 is 1.12 bits per heavy atom. The molecule has 0 saturated heterocycles. The number of rotatable bonds is 1. The molecule has 86 valence electrons. The van der Waals surface area contributed by atoms with Gasteiger partial charge in [0.05, 0.1) is 18.2 Å². The van der Waals surface area contributed by atoms with E-state index in [9.17, 15) is 0 Å². The lowest BCUT2D eigenvalue weighted by atomic mass is 10.2. The maximum Gasteiger partial charge on any atom is 0.394 e. The van der Waals surface area contributed by atoms with Gasteiger partial charge in [0.1, 0.15) is 0 Å². The van der Waals surface area contributed by atoms with E-state index in [1.807, 2.05) is 36.5 Å². The number of aromatic amines is 1. The molecule has 0 spiro atoms. The van der Waals surface area contributed by atoms with Crippen LogP contribution in [0.5, 0.6) is 0 Å². The molecule has 0 aliphatic carbocycles. The van der Waals surface area contributed by atoms with Gasteiger partial charge in [-0.25, -0.2) is 4.98 Å². The lowest BCUT2D eigenvalue weighted by molar-refractivity contribution is 0.381. The molecule has 0 aliphatic heterocycles. The first-order chi connectivity index (χ1) is 7.47. The highest BCUT2D eigenvalue weighted by atomic mass is 32.3. The van der Waals surface area contributed by atoms with E-state index in [-0.39, 0.29) is 0 Å². The monoisotopic (exact) mass is 242 g/mol. The molecule has 16 heavy (non-hydrogen) atoms. The zero-order chi connectivity index (χ0) is 12.0. The molecule has 0 atom stereocenters. The van der Waals surface area contributed by atoms with Crippen LogP contribution < -0.4 is 0 Å². The third-order valence-corrected chi connectivity index (χ3v) is 1.58. The zero-order valence-electron chi connectivity index (χ0n) is 8.11. The van der Waals surface area contributed by atoms with Crippen LogP contribution in [0.1, 0.15) is 0 Å². The van der Waals surface area contributed by atoms with Crippen molar-refractivity contribution in [3.63, 3.8) is 0 Å².